The fourth-order valence-corrected chi connectivity index (χ4v) is 3.27. The van der Waals surface area contributed by atoms with Gasteiger partial charge < -0.3 is 15.4 Å². The molecule has 3 aromatic rings. The van der Waals surface area contributed by atoms with Gasteiger partial charge in [-0.15, -0.1) is 0 Å². The summed E-state index contributed by atoms with van der Waals surface area (Å²) in [5.74, 6) is -1.00. The number of carbonyl (C=O) groups excluding carboxylic acids is 2. The molecule has 0 saturated carbocycles. The van der Waals surface area contributed by atoms with E-state index in [2.05, 4.69) is 26.6 Å². The number of non-ortho nitro benzene ring substituents is 1. The zero-order chi connectivity index (χ0) is 24.0. The van der Waals surface area contributed by atoms with Crippen molar-refractivity contribution in [2.75, 3.05) is 12.4 Å². The van der Waals surface area contributed by atoms with E-state index >= 15 is 0 Å². The summed E-state index contributed by atoms with van der Waals surface area (Å²) in [4.78, 5) is 36.5. The highest BCUT2D eigenvalue weighted by molar-refractivity contribution is 9.10. The molecular weight excluding hydrogens is 514 g/mol. The number of amides is 2. The first kappa shape index (κ1) is 24.0. The Hall–Kier alpha value is -3.69. The molecule has 8 nitrogen and oxygen atoms in total. The fraction of sp³-hybridized carbons (Fsp3) is 0.0435. The quantitative estimate of drug-likeness (QED) is 0.240. The first-order chi connectivity index (χ1) is 15.8. The van der Waals surface area contributed by atoms with Gasteiger partial charge in [0.2, 0.25) is 0 Å². The Morgan fingerprint density at radius 1 is 1.09 bits per heavy atom. The maximum Gasteiger partial charge on any atom is 0.272 e. The smallest absolute Gasteiger partial charge is 0.272 e. The molecule has 0 aliphatic rings. The number of hydrogen-bond donors (Lipinski definition) is 2. The number of nitro groups is 1. The van der Waals surface area contributed by atoms with E-state index in [4.69, 9.17) is 16.3 Å². The number of rotatable bonds is 7. The van der Waals surface area contributed by atoms with Gasteiger partial charge in [0, 0.05) is 27.3 Å². The molecule has 168 valence electrons. The molecule has 3 rings (SSSR count). The molecule has 0 aliphatic carbocycles. The molecule has 0 spiro atoms. The molecule has 10 heteroatoms. The number of carbonyl (C=O) groups is 2. The molecule has 2 N–H and O–H groups in total. The number of methoxy groups -OCH3 is 1. The van der Waals surface area contributed by atoms with Crippen LogP contribution in [-0.2, 0) is 4.79 Å². The number of ether oxygens (including phenoxy) is 1. The van der Waals surface area contributed by atoms with Gasteiger partial charge in [-0.25, -0.2) is 0 Å². The number of halogens is 2. The van der Waals surface area contributed by atoms with E-state index in [1.54, 1.807) is 36.4 Å². The molecule has 0 atom stereocenters. The molecule has 0 aromatic heterocycles. The minimum atomic E-state index is -0.642. The van der Waals surface area contributed by atoms with Crippen LogP contribution in [0, 0.1) is 10.1 Å². The van der Waals surface area contributed by atoms with Crippen molar-refractivity contribution in [3.8, 4) is 5.75 Å². The second-order valence-electron chi connectivity index (χ2n) is 6.67. The molecule has 0 unspecified atom stereocenters. The second kappa shape index (κ2) is 10.8. The third-order valence-corrected chi connectivity index (χ3v) is 5.16. The molecule has 0 saturated heterocycles. The lowest BCUT2D eigenvalue weighted by Gasteiger charge is -2.13. The standard InChI is InChI=1S/C23H17BrClN3O5/c1-33-21-10-7-16(25)13-19(21)22(29)27-20(12-14-3-2-4-18(11-14)28(31)32)23(30)26-17-8-5-15(24)6-9-17/h2-13H,1H3,(H,26,30)(H,27,29)/b20-12-. The third kappa shape index (κ3) is 6.41. The van der Waals surface area contributed by atoms with E-state index in [0.717, 1.165) is 4.47 Å². The number of hydrogen-bond acceptors (Lipinski definition) is 5. The molecule has 0 fully saturated rings. The highest BCUT2D eigenvalue weighted by atomic mass is 79.9. The fourth-order valence-electron chi connectivity index (χ4n) is 2.83. The van der Waals surface area contributed by atoms with E-state index in [1.807, 2.05) is 0 Å². The van der Waals surface area contributed by atoms with Crippen molar-refractivity contribution in [3.63, 3.8) is 0 Å². The van der Waals surface area contributed by atoms with Crippen LogP contribution >= 0.6 is 27.5 Å². The zero-order valence-electron chi connectivity index (χ0n) is 17.2. The van der Waals surface area contributed by atoms with Crippen LogP contribution in [0.5, 0.6) is 5.75 Å². The van der Waals surface area contributed by atoms with Gasteiger partial charge in [0.05, 0.1) is 17.6 Å². The summed E-state index contributed by atoms with van der Waals surface area (Å²) >= 11 is 9.34. The SMILES string of the molecule is COc1ccc(Cl)cc1C(=O)N/C(=C\c1cccc([N+](=O)[O-])c1)C(=O)Nc1ccc(Br)cc1. The topological polar surface area (TPSA) is 111 Å². The van der Waals surface area contributed by atoms with Crippen molar-refractivity contribution < 1.29 is 19.2 Å². The third-order valence-electron chi connectivity index (χ3n) is 4.39. The van der Waals surface area contributed by atoms with Crippen molar-refractivity contribution in [2.24, 2.45) is 0 Å². The summed E-state index contributed by atoms with van der Waals surface area (Å²) in [7, 11) is 1.40. The van der Waals surface area contributed by atoms with Gasteiger partial charge in [-0.1, -0.05) is 39.7 Å². The van der Waals surface area contributed by atoms with Crippen LogP contribution in [0.15, 0.2) is 76.9 Å². The maximum atomic E-state index is 13.0. The van der Waals surface area contributed by atoms with Gasteiger partial charge in [0.25, 0.3) is 17.5 Å². The monoisotopic (exact) mass is 529 g/mol. The Morgan fingerprint density at radius 3 is 2.48 bits per heavy atom. The van der Waals surface area contributed by atoms with Crippen molar-refractivity contribution in [3.05, 3.63) is 103 Å². The average molecular weight is 531 g/mol. The first-order valence-corrected chi connectivity index (χ1v) is 10.6. The van der Waals surface area contributed by atoms with Crippen LogP contribution in [0.4, 0.5) is 11.4 Å². The summed E-state index contributed by atoms with van der Waals surface area (Å²) in [5.41, 5.74) is 0.669. The lowest BCUT2D eigenvalue weighted by atomic mass is 10.1. The lowest BCUT2D eigenvalue weighted by Crippen LogP contribution is -2.31. The van der Waals surface area contributed by atoms with Crippen LogP contribution in [0.25, 0.3) is 6.08 Å². The summed E-state index contributed by atoms with van der Waals surface area (Å²) in [5, 5.41) is 16.7. The predicted octanol–water partition coefficient (Wildman–Crippen LogP) is 5.43. The van der Waals surface area contributed by atoms with Crippen molar-refractivity contribution in [2.45, 2.75) is 0 Å². The Labute approximate surface area is 202 Å². The Morgan fingerprint density at radius 2 is 1.82 bits per heavy atom. The summed E-state index contributed by atoms with van der Waals surface area (Å²) in [6.45, 7) is 0. The number of nitrogens with zero attached hydrogens (tertiary/aromatic N) is 1. The van der Waals surface area contributed by atoms with Gasteiger partial charge in [-0.05, 0) is 54.1 Å². The normalized spacial score (nSPS) is 10.9. The highest BCUT2D eigenvalue weighted by Crippen LogP contribution is 2.23. The summed E-state index contributed by atoms with van der Waals surface area (Å²) in [6, 6.07) is 17.0. The van der Waals surface area contributed by atoms with E-state index in [0.29, 0.717) is 16.3 Å². The highest BCUT2D eigenvalue weighted by Gasteiger charge is 2.19. The van der Waals surface area contributed by atoms with E-state index in [1.165, 1.54) is 43.5 Å². The number of anilines is 1. The Kier molecular flexibility index (Phi) is 7.81. The summed E-state index contributed by atoms with van der Waals surface area (Å²) in [6.07, 6.45) is 1.34. The van der Waals surface area contributed by atoms with Gasteiger partial charge in [0.15, 0.2) is 0 Å². The van der Waals surface area contributed by atoms with Gasteiger partial charge in [-0.2, -0.15) is 0 Å². The van der Waals surface area contributed by atoms with Gasteiger partial charge >= 0.3 is 0 Å². The lowest BCUT2D eigenvalue weighted by molar-refractivity contribution is -0.384. The number of nitro benzene ring substituents is 1. The van der Waals surface area contributed by atoms with Gasteiger partial charge in [0.1, 0.15) is 11.4 Å². The van der Waals surface area contributed by atoms with Crippen LogP contribution in [0.3, 0.4) is 0 Å². The molecule has 3 aromatic carbocycles. The maximum absolute atomic E-state index is 13.0. The Balaban J connectivity index is 1.97. The summed E-state index contributed by atoms with van der Waals surface area (Å²) < 4.78 is 6.04. The molecular formula is C23H17BrClN3O5. The van der Waals surface area contributed by atoms with E-state index in [9.17, 15) is 19.7 Å². The van der Waals surface area contributed by atoms with Crippen LogP contribution < -0.4 is 15.4 Å². The van der Waals surface area contributed by atoms with Crippen molar-refractivity contribution >= 4 is 56.8 Å². The molecule has 33 heavy (non-hydrogen) atoms. The van der Waals surface area contributed by atoms with Crippen LogP contribution in [0.1, 0.15) is 15.9 Å². The average Bonchev–Trinajstić information content (AvgIpc) is 2.80. The van der Waals surface area contributed by atoms with E-state index < -0.39 is 16.7 Å². The Bertz CT molecular complexity index is 1250. The molecule has 0 radical (unpaired) electrons. The molecule has 0 bridgehead atoms. The minimum absolute atomic E-state index is 0.117. The zero-order valence-corrected chi connectivity index (χ0v) is 19.5. The van der Waals surface area contributed by atoms with Crippen LogP contribution in [0.2, 0.25) is 5.02 Å². The van der Waals surface area contributed by atoms with Crippen LogP contribution in [-0.4, -0.2) is 23.8 Å². The largest absolute Gasteiger partial charge is 0.496 e. The number of nitrogens with one attached hydrogen (secondary N) is 2. The first-order valence-electron chi connectivity index (χ1n) is 9.45. The molecule has 0 heterocycles. The minimum Gasteiger partial charge on any atom is -0.496 e. The predicted molar refractivity (Wildman–Crippen MR) is 129 cm³/mol. The second-order valence-corrected chi connectivity index (χ2v) is 8.02. The molecule has 2 amide bonds. The number of benzene rings is 3. The van der Waals surface area contributed by atoms with Gasteiger partial charge in [-0.3, -0.25) is 19.7 Å². The molecule has 0 aliphatic heterocycles. The van der Waals surface area contributed by atoms with Crippen molar-refractivity contribution in [1.82, 2.24) is 5.32 Å². The van der Waals surface area contributed by atoms with E-state index in [-0.39, 0.29) is 22.7 Å². The van der Waals surface area contributed by atoms with Crippen molar-refractivity contribution in [1.29, 1.82) is 0 Å².